The van der Waals surface area contributed by atoms with Crippen LogP contribution in [0.2, 0.25) is 0 Å². The molecule has 1 aromatic rings. The molecule has 1 N–H and O–H groups in total. The van der Waals surface area contributed by atoms with Crippen molar-refractivity contribution in [1.82, 2.24) is 10.2 Å². The summed E-state index contributed by atoms with van der Waals surface area (Å²) in [6.45, 7) is 7.12. The Bertz CT molecular complexity index is 506. The zero-order chi connectivity index (χ0) is 15.1. The van der Waals surface area contributed by atoms with Crippen LogP contribution < -0.4 is 5.32 Å². The van der Waals surface area contributed by atoms with Crippen LogP contribution in [0.5, 0.6) is 0 Å². The predicted molar refractivity (Wildman–Crippen MR) is 75.3 cm³/mol. The highest BCUT2D eigenvalue weighted by Gasteiger charge is 2.18. The second kappa shape index (κ2) is 7.61. The number of carbonyl (C=O) groups excluding carboxylic acids is 1. The Hall–Kier alpha value is -1.93. The number of amides is 1. The summed E-state index contributed by atoms with van der Waals surface area (Å²) in [7, 11) is 0. The van der Waals surface area contributed by atoms with E-state index in [0.717, 1.165) is 0 Å². The van der Waals surface area contributed by atoms with Crippen molar-refractivity contribution in [1.29, 1.82) is 5.26 Å². The molecule has 0 radical (unpaired) electrons. The minimum absolute atomic E-state index is 0.00755. The molecule has 4 nitrogen and oxygen atoms in total. The van der Waals surface area contributed by atoms with Crippen LogP contribution in [0.3, 0.4) is 0 Å². The Balaban J connectivity index is 2.68. The molecule has 1 amide bonds. The zero-order valence-electron chi connectivity index (χ0n) is 12.1. The number of hydrogen-bond donors (Lipinski definition) is 1. The molecule has 5 heteroatoms. The normalized spacial score (nSPS) is 11.8. The number of nitriles is 1. The molecule has 0 heterocycles. The van der Waals surface area contributed by atoms with Crippen LogP contribution in [-0.2, 0) is 11.3 Å². The van der Waals surface area contributed by atoms with Gasteiger partial charge >= 0.3 is 0 Å². The molecule has 0 aromatic heterocycles. The number of halogens is 1. The summed E-state index contributed by atoms with van der Waals surface area (Å²) < 4.78 is 13.9. The van der Waals surface area contributed by atoms with Gasteiger partial charge in [0.1, 0.15) is 11.9 Å². The van der Waals surface area contributed by atoms with Crippen LogP contribution in [-0.4, -0.2) is 29.9 Å². The fraction of sp³-hybridized carbons (Fsp3) is 0.467. The molecular formula is C15H20FN3O. The van der Waals surface area contributed by atoms with Crippen LogP contribution in [0, 0.1) is 17.1 Å². The Morgan fingerprint density at radius 3 is 2.65 bits per heavy atom. The predicted octanol–water partition coefficient (Wildman–Crippen LogP) is 2.04. The van der Waals surface area contributed by atoms with Crippen LogP contribution >= 0.6 is 0 Å². The van der Waals surface area contributed by atoms with E-state index in [-0.39, 0.29) is 24.1 Å². The van der Waals surface area contributed by atoms with Gasteiger partial charge in [-0.15, -0.1) is 0 Å². The maximum Gasteiger partial charge on any atom is 0.239 e. The van der Waals surface area contributed by atoms with Crippen molar-refractivity contribution in [2.45, 2.75) is 33.4 Å². The van der Waals surface area contributed by atoms with Gasteiger partial charge in [0.25, 0.3) is 0 Å². The quantitative estimate of drug-likeness (QED) is 0.865. The highest BCUT2D eigenvalue weighted by atomic mass is 19.1. The third-order valence-electron chi connectivity index (χ3n) is 3.24. The summed E-state index contributed by atoms with van der Waals surface area (Å²) in [4.78, 5) is 13.8. The molecule has 0 bridgehead atoms. The molecule has 1 aromatic carbocycles. The lowest BCUT2D eigenvalue weighted by Crippen LogP contribution is -2.44. The van der Waals surface area contributed by atoms with Crippen LogP contribution in [0.25, 0.3) is 0 Å². The molecule has 1 atom stereocenters. The van der Waals surface area contributed by atoms with E-state index in [4.69, 9.17) is 5.26 Å². The number of benzene rings is 1. The third kappa shape index (κ3) is 3.78. The summed E-state index contributed by atoms with van der Waals surface area (Å²) >= 11 is 0. The lowest BCUT2D eigenvalue weighted by Gasteiger charge is -2.23. The largest absolute Gasteiger partial charge is 0.342 e. The van der Waals surface area contributed by atoms with Gasteiger partial charge in [0.15, 0.2) is 0 Å². The van der Waals surface area contributed by atoms with Gasteiger partial charge in [-0.05, 0) is 26.8 Å². The second-order valence-corrected chi connectivity index (χ2v) is 4.50. The van der Waals surface area contributed by atoms with Crippen LogP contribution in [0.15, 0.2) is 18.2 Å². The maximum absolute atomic E-state index is 13.9. The van der Waals surface area contributed by atoms with Crippen molar-refractivity contribution in [3.8, 4) is 6.07 Å². The number of hydrogen-bond acceptors (Lipinski definition) is 3. The summed E-state index contributed by atoms with van der Waals surface area (Å²) in [6.07, 6.45) is 0. The highest BCUT2D eigenvalue weighted by Crippen LogP contribution is 2.12. The first kappa shape index (κ1) is 16.1. The summed E-state index contributed by atoms with van der Waals surface area (Å²) in [5, 5.41) is 11.8. The molecule has 0 aliphatic carbocycles. The lowest BCUT2D eigenvalue weighted by molar-refractivity contribution is -0.132. The minimum atomic E-state index is -0.523. The average molecular weight is 277 g/mol. The highest BCUT2D eigenvalue weighted by molar-refractivity contribution is 5.81. The summed E-state index contributed by atoms with van der Waals surface area (Å²) in [6, 6.07) is 6.09. The number of likely N-dealkylation sites (N-methyl/N-ethyl adjacent to an activating group) is 1. The SMILES string of the molecule is CCN(CC)C(=O)C(C)NCc1cccc(C#N)c1F. The first-order chi connectivity index (χ1) is 9.54. The maximum atomic E-state index is 13.9. The second-order valence-electron chi connectivity index (χ2n) is 4.50. The Morgan fingerprint density at radius 1 is 1.45 bits per heavy atom. The standard InChI is InChI=1S/C15H20FN3O/c1-4-19(5-2)15(20)11(3)18-10-13-8-6-7-12(9-17)14(13)16/h6-8,11,18H,4-5,10H2,1-3H3. The van der Waals surface area contributed by atoms with E-state index in [2.05, 4.69) is 5.32 Å². The van der Waals surface area contributed by atoms with Gasteiger partial charge in [-0.25, -0.2) is 4.39 Å². The van der Waals surface area contributed by atoms with Gasteiger partial charge < -0.3 is 10.2 Å². The van der Waals surface area contributed by atoms with Crippen molar-refractivity contribution in [3.63, 3.8) is 0 Å². The monoisotopic (exact) mass is 277 g/mol. The smallest absolute Gasteiger partial charge is 0.239 e. The van der Waals surface area contributed by atoms with Gasteiger partial charge in [-0.1, -0.05) is 12.1 Å². The lowest BCUT2D eigenvalue weighted by atomic mass is 10.1. The van der Waals surface area contributed by atoms with Gasteiger partial charge in [0, 0.05) is 25.2 Å². The van der Waals surface area contributed by atoms with Crippen molar-refractivity contribution in [2.24, 2.45) is 0 Å². The van der Waals surface area contributed by atoms with Crippen molar-refractivity contribution in [2.75, 3.05) is 13.1 Å². The van der Waals surface area contributed by atoms with Crippen LogP contribution in [0.1, 0.15) is 31.9 Å². The number of nitrogens with zero attached hydrogens (tertiary/aromatic N) is 2. The molecule has 0 saturated heterocycles. The van der Waals surface area contributed by atoms with E-state index in [1.807, 2.05) is 13.8 Å². The molecule has 0 spiro atoms. The number of rotatable bonds is 6. The van der Waals surface area contributed by atoms with E-state index in [0.29, 0.717) is 18.7 Å². The topological polar surface area (TPSA) is 56.1 Å². The van der Waals surface area contributed by atoms with Gasteiger partial charge in [0.2, 0.25) is 5.91 Å². The van der Waals surface area contributed by atoms with Crippen molar-refractivity contribution >= 4 is 5.91 Å². The molecular weight excluding hydrogens is 257 g/mol. The molecule has 0 saturated carbocycles. The van der Waals surface area contributed by atoms with E-state index in [1.54, 1.807) is 30.0 Å². The minimum Gasteiger partial charge on any atom is -0.342 e. The molecule has 0 aliphatic rings. The Kier molecular flexibility index (Phi) is 6.13. The van der Waals surface area contributed by atoms with Crippen molar-refractivity contribution < 1.29 is 9.18 Å². The number of nitrogens with one attached hydrogen (secondary N) is 1. The third-order valence-corrected chi connectivity index (χ3v) is 3.24. The molecule has 0 fully saturated rings. The molecule has 0 aliphatic heterocycles. The average Bonchev–Trinajstić information content (AvgIpc) is 2.47. The fourth-order valence-corrected chi connectivity index (χ4v) is 1.96. The molecule has 1 rings (SSSR count). The first-order valence-electron chi connectivity index (χ1n) is 6.74. The van der Waals surface area contributed by atoms with Gasteiger partial charge in [-0.3, -0.25) is 4.79 Å². The number of carbonyl (C=O) groups is 1. The Morgan fingerprint density at radius 2 is 2.10 bits per heavy atom. The summed E-state index contributed by atoms with van der Waals surface area (Å²) in [5.74, 6) is -0.531. The zero-order valence-corrected chi connectivity index (χ0v) is 12.1. The molecule has 1 unspecified atom stereocenters. The first-order valence-corrected chi connectivity index (χ1v) is 6.74. The fourth-order valence-electron chi connectivity index (χ4n) is 1.96. The van der Waals surface area contributed by atoms with Crippen LogP contribution in [0.4, 0.5) is 4.39 Å². The van der Waals surface area contributed by atoms with Gasteiger partial charge in [0.05, 0.1) is 11.6 Å². The Labute approximate surface area is 119 Å². The van der Waals surface area contributed by atoms with E-state index in [1.165, 1.54) is 6.07 Å². The van der Waals surface area contributed by atoms with E-state index >= 15 is 0 Å². The van der Waals surface area contributed by atoms with E-state index in [9.17, 15) is 9.18 Å². The van der Waals surface area contributed by atoms with Gasteiger partial charge in [-0.2, -0.15) is 5.26 Å². The van der Waals surface area contributed by atoms with Crippen molar-refractivity contribution in [3.05, 3.63) is 35.1 Å². The summed E-state index contributed by atoms with van der Waals surface area (Å²) in [5.41, 5.74) is 0.412. The van der Waals surface area contributed by atoms with E-state index < -0.39 is 5.82 Å². The molecule has 20 heavy (non-hydrogen) atoms. The molecule has 108 valence electrons.